The normalized spacial score (nSPS) is 13.5. The second kappa shape index (κ2) is 10.3. The summed E-state index contributed by atoms with van der Waals surface area (Å²) in [5.41, 5.74) is 0.405. The summed E-state index contributed by atoms with van der Waals surface area (Å²) in [7, 11) is 0. The molecule has 0 radical (unpaired) electrons. The Morgan fingerprint density at radius 3 is 2.19 bits per heavy atom. The molecule has 144 valence electrons. The van der Waals surface area contributed by atoms with Gasteiger partial charge in [0.25, 0.3) is 5.91 Å². The topological polar surface area (TPSA) is 85.8 Å². The average Bonchev–Trinajstić information content (AvgIpc) is 2.70. The summed E-state index contributed by atoms with van der Waals surface area (Å²) in [4.78, 5) is 16.5. The molecule has 2 aromatic rings. The maximum atomic E-state index is 12.0. The fraction of sp³-hybridized carbons (Fsp3) is 0.333. The summed E-state index contributed by atoms with van der Waals surface area (Å²) in [5.74, 6) is 0.494. The van der Waals surface area contributed by atoms with Gasteiger partial charge < -0.3 is 21.1 Å². The van der Waals surface area contributed by atoms with E-state index in [1.165, 1.54) is 0 Å². The molecular formula is C21H28N4O2. The van der Waals surface area contributed by atoms with Gasteiger partial charge in [0.2, 0.25) is 0 Å². The molecule has 6 heteroatoms. The number of aliphatic imine (C=N–C) groups is 1. The van der Waals surface area contributed by atoms with Crippen molar-refractivity contribution in [3.63, 3.8) is 0 Å². The first-order valence-electron chi connectivity index (χ1n) is 9.16. The zero-order valence-electron chi connectivity index (χ0n) is 15.9. The molecule has 2 rings (SSSR count). The first-order chi connectivity index (χ1) is 13.0. The molecule has 1 atom stereocenters. The summed E-state index contributed by atoms with van der Waals surface area (Å²) in [6, 6.07) is 18.6. The predicted octanol–water partition coefficient (Wildman–Crippen LogP) is 1.88. The third-order valence-corrected chi connectivity index (χ3v) is 4.02. The average molecular weight is 368 g/mol. The molecule has 0 heterocycles. The van der Waals surface area contributed by atoms with Crippen LogP contribution in [0.3, 0.4) is 0 Å². The van der Waals surface area contributed by atoms with Crippen LogP contribution in [0.5, 0.6) is 0 Å². The van der Waals surface area contributed by atoms with Crippen molar-refractivity contribution in [3.05, 3.63) is 71.8 Å². The van der Waals surface area contributed by atoms with Gasteiger partial charge >= 0.3 is 0 Å². The molecule has 0 aliphatic carbocycles. The van der Waals surface area contributed by atoms with E-state index in [0.29, 0.717) is 31.2 Å². The van der Waals surface area contributed by atoms with E-state index in [1.54, 1.807) is 19.1 Å². The second-order valence-corrected chi connectivity index (χ2v) is 6.38. The van der Waals surface area contributed by atoms with E-state index in [9.17, 15) is 9.90 Å². The Morgan fingerprint density at radius 1 is 0.963 bits per heavy atom. The Hall–Kier alpha value is -2.86. The van der Waals surface area contributed by atoms with Gasteiger partial charge in [0.1, 0.15) is 5.60 Å². The van der Waals surface area contributed by atoms with Crippen LogP contribution in [0, 0.1) is 0 Å². The lowest BCUT2D eigenvalue weighted by Crippen LogP contribution is -2.42. The van der Waals surface area contributed by atoms with Crippen LogP contribution >= 0.6 is 0 Å². The summed E-state index contributed by atoms with van der Waals surface area (Å²) in [6.45, 7) is 5.64. The van der Waals surface area contributed by atoms with Gasteiger partial charge in [-0.05, 0) is 31.5 Å². The van der Waals surface area contributed by atoms with Crippen LogP contribution in [0.4, 0.5) is 0 Å². The Morgan fingerprint density at radius 2 is 1.56 bits per heavy atom. The number of carbonyl (C=O) groups is 1. The van der Waals surface area contributed by atoms with Crippen molar-refractivity contribution in [1.82, 2.24) is 16.0 Å². The number of benzene rings is 2. The standard InChI is InChI=1S/C21H28N4O2/c1-3-22-20(25-16-21(2,27)18-12-8-5-9-13-18)24-15-14-23-19(26)17-10-6-4-7-11-17/h4-13,27H,3,14-16H2,1-2H3,(H,23,26)(H2,22,24,25). The van der Waals surface area contributed by atoms with Crippen LogP contribution < -0.4 is 16.0 Å². The van der Waals surface area contributed by atoms with Crippen LogP contribution in [0.25, 0.3) is 0 Å². The Kier molecular flexibility index (Phi) is 7.82. The highest BCUT2D eigenvalue weighted by atomic mass is 16.3. The highest BCUT2D eigenvalue weighted by Gasteiger charge is 2.22. The lowest BCUT2D eigenvalue weighted by atomic mass is 9.96. The largest absolute Gasteiger partial charge is 0.384 e. The number of carbonyl (C=O) groups excluding carboxylic acids is 1. The molecule has 0 bridgehead atoms. The van der Waals surface area contributed by atoms with Crippen LogP contribution in [-0.2, 0) is 5.60 Å². The molecule has 0 saturated heterocycles. The van der Waals surface area contributed by atoms with Crippen molar-refractivity contribution in [1.29, 1.82) is 0 Å². The van der Waals surface area contributed by atoms with Crippen molar-refractivity contribution in [2.24, 2.45) is 4.99 Å². The fourth-order valence-corrected chi connectivity index (χ4v) is 2.51. The van der Waals surface area contributed by atoms with Crippen molar-refractivity contribution < 1.29 is 9.90 Å². The first-order valence-corrected chi connectivity index (χ1v) is 9.16. The molecule has 0 aliphatic rings. The number of hydrogen-bond donors (Lipinski definition) is 4. The molecular weight excluding hydrogens is 340 g/mol. The Labute approximate surface area is 160 Å². The minimum absolute atomic E-state index is 0.105. The number of guanidine groups is 1. The van der Waals surface area contributed by atoms with Crippen molar-refractivity contribution in [2.75, 3.05) is 26.2 Å². The van der Waals surface area contributed by atoms with Gasteiger partial charge in [0.05, 0.1) is 6.54 Å². The molecule has 1 unspecified atom stereocenters. The van der Waals surface area contributed by atoms with E-state index in [1.807, 2.05) is 55.5 Å². The van der Waals surface area contributed by atoms with E-state index in [2.05, 4.69) is 20.9 Å². The van der Waals surface area contributed by atoms with E-state index in [0.717, 1.165) is 5.56 Å². The lowest BCUT2D eigenvalue weighted by Gasteiger charge is -2.22. The number of nitrogens with one attached hydrogen (secondary N) is 3. The van der Waals surface area contributed by atoms with Crippen molar-refractivity contribution in [2.45, 2.75) is 19.4 Å². The molecule has 4 N–H and O–H groups in total. The SMILES string of the molecule is CCNC(=NCC(C)(O)c1ccccc1)NCCNC(=O)c1ccccc1. The first kappa shape index (κ1) is 20.5. The number of nitrogens with zero attached hydrogens (tertiary/aromatic N) is 1. The second-order valence-electron chi connectivity index (χ2n) is 6.38. The maximum absolute atomic E-state index is 12.0. The Balaban J connectivity index is 1.84. The fourth-order valence-electron chi connectivity index (χ4n) is 2.51. The van der Waals surface area contributed by atoms with Gasteiger partial charge in [0, 0.05) is 25.2 Å². The highest BCUT2D eigenvalue weighted by Crippen LogP contribution is 2.20. The van der Waals surface area contributed by atoms with E-state index in [-0.39, 0.29) is 12.5 Å². The number of hydrogen-bond acceptors (Lipinski definition) is 3. The van der Waals surface area contributed by atoms with Crippen molar-refractivity contribution >= 4 is 11.9 Å². The molecule has 2 aromatic carbocycles. The highest BCUT2D eigenvalue weighted by molar-refractivity contribution is 5.94. The van der Waals surface area contributed by atoms with Crippen molar-refractivity contribution in [3.8, 4) is 0 Å². The summed E-state index contributed by atoms with van der Waals surface area (Å²) < 4.78 is 0. The Bertz CT molecular complexity index is 730. The van der Waals surface area contributed by atoms with Crippen LogP contribution in [-0.4, -0.2) is 43.2 Å². The van der Waals surface area contributed by atoms with E-state index >= 15 is 0 Å². The third kappa shape index (κ3) is 6.75. The summed E-state index contributed by atoms with van der Waals surface area (Å²) >= 11 is 0. The quantitative estimate of drug-likeness (QED) is 0.326. The van der Waals surface area contributed by atoms with E-state index < -0.39 is 5.60 Å². The molecule has 1 amide bonds. The lowest BCUT2D eigenvalue weighted by molar-refractivity contribution is 0.0672. The van der Waals surface area contributed by atoms with Gasteiger partial charge in [-0.3, -0.25) is 4.79 Å². The zero-order chi connectivity index (χ0) is 19.5. The molecule has 0 fully saturated rings. The number of amides is 1. The summed E-state index contributed by atoms with van der Waals surface area (Å²) in [6.07, 6.45) is 0. The molecule has 0 spiro atoms. The van der Waals surface area contributed by atoms with Gasteiger partial charge in [-0.25, -0.2) is 4.99 Å². The molecule has 0 aliphatic heterocycles. The maximum Gasteiger partial charge on any atom is 0.251 e. The van der Waals surface area contributed by atoms with Gasteiger partial charge in [0.15, 0.2) is 5.96 Å². The number of rotatable bonds is 8. The molecule has 0 saturated carbocycles. The van der Waals surface area contributed by atoms with Crippen LogP contribution in [0.15, 0.2) is 65.7 Å². The number of aliphatic hydroxyl groups is 1. The summed E-state index contributed by atoms with van der Waals surface area (Å²) in [5, 5.41) is 19.8. The molecule has 0 aromatic heterocycles. The van der Waals surface area contributed by atoms with Gasteiger partial charge in [-0.15, -0.1) is 0 Å². The van der Waals surface area contributed by atoms with Gasteiger partial charge in [-0.1, -0.05) is 48.5 Å². The predicted molar refractivity (Wildman–Crippen MR) is 109 cm³/mol. The minimum Gasteiger partial charge on any atom is -0.384 e. The van der Waals surface area contributed by atoms with Crippen LogP contribution in [0.1, 0.15) is 29.8 Å². The zero-order valence-corrected chi connectivity index (χ0v) is 15.9. The molecule has 27 heavy (non-hydrogen) atoms. The smallest absolute Gasteiger partial charge is 0.251 e. The van der Waals surface area contributed by atoms with E-state index in [4.69, 9.17) is 0 Å². The monoisotopic (exact) mass is 368 g/mol. The minimum atomic E-state index is -1.05. The third-order valence-electron chi connectivity index (χ3n) is 4.02. The molecule has 6 nitrogen and oxygen atoms in total. The van der Waals surface area contributed by atoms with Gasteiger partial charge in [-0.2, -0.15) is 0 Å². The van der Waals surface area contributed by atoms with Crippen LogP contribution in [0.2, 0.25) is 0 Å².